The van der Waals surface area contributed by atoms with Gasteiger partial charge < -0.3 is 20.1 Å². The summed E-state index contributed by atoms with van der Waals surface area (Å²) in [6.45, 7) is 1.85. The third-order valence-corrected chi connectivity index (χ3v) is 3.25. The molecule has 2 N–H and O–H groups in total. The maximum absolute atomic E-state index is 12.2. The third-order valence-electron chi connectivity index (χ3n) is 3.25. The van der Waals surface area contributed by atoms with Gasteiger partial charge in [-0.05, 0) is 31.5 Å². The number of methoxy groups -OCH3 is 2. The lowest BCUT2D eigenvalue weighted by atomic mass is 10.1. The monoisotopic (exact) mass is 300 g/mol. The second-order valence-corrected chi connectivity index (χ2v) is 4.62. The van der Waals surface area contributed by atoms with Crippen molar-refractivity contribution >= 4 is 18.3 Å². The summed E-state index contributed by atoms with van der Waals surface area (Å²) in [5, 5.41) is 6.30. The summed E-state index contributed by atoms with van der Waals surface area (Å²) in [4.78, 5) is 12.2. The van der Waals surface area contributed by atoms with Crippen LogP contribution >= 0.6 is 12.4 Å². The zero-order valence-electron chi connectivity index (χ0n) is 11.8. The minimum atomic E-state index is -0.0918. The van der Waals surface area contributed by atoms with Crippen LogP contribution in [0.15, 0.2) is 18.2 Å². The summed E-state index contributed by atoms with van der Waals surface area (Å²) in [6.07, 6.45) is 2.10. The van der Waals surface area contributed by atoms with E-state index >= 15 is 0 Å². The highest BCUT2D eigenvalue weighted by molar-refractivity contribution is 5.95. The minimum Gasteiger partial charge on any atom is -0.497 e. The topological polar surface area (TPSA) is 59.6 Å². The first-order valence-electron chi connectivity index (χ1n) is 6.47. The zero-order chi connectivity index (χ0) is 13.7. The van der Waals surface area contributed by atoms with E-state index in [1.165, 1.54) is 0 Å². The van der Waals surface area contributed by atoms with Crippen molar-refractivity contribution in [2.45, 2.75) is 18.9 Å². The molecule has 20 heavy (non-hydrogen) atoms. The fourth-order valence-corrected chi connectivity index (χ4v) is 2.18. The fourth-order valence-electron chi connectivity index (χ4n) is 2.18. The van der Waals surface area contributed by atoms with Gasteiger partial charge in [0, 0.05) is 24.2 Å². The molecule has 5 nitrogen and oxygen atoms in total. The van der Waals surface area contributed by atoms with Gasteiger partial charge in [0.2, 0.25) is 0 Å². The van der Waals surface area contributed by atoms with E-state index in [0.29, 0.717) is 17.1 Å². The molecule has 0 bridgehead atoms. The highest BCUT2D eigenvalue weighted by atomic mass is 35.5. The lowest BCUT2D eigenvalue weighted by Gasteiger charge is -2.23. The number of carbonyl (C=O) groups excluding carboxylic acids is 1. The summed E-state index contributed by atoms with van der Waals surface area (Å²) < 4.78 is 10.3. The van der Waals surface area contributed by atoms with E-state index in [9.17, 15) is 4.79 Å². The number of ether oxygens (including phenoxy) is 2. The van der Waals surface area contributed by atoms with Crippen LogP contribution in [0.4, 0.5) is 0 Å². The van der Waals surface area contributed by atoms with Gasteiger partial charge in [-0.3, -0.25) is 4.79 Å². The summed E-state index contributed by atoms with van der Waals surface area (Å²) >= 11 is 0. The molecule has 1 aliphatic heterocycles. The van der Waals surface area contributed by atoms with E-state index < -0.39 is 0 Å². The molecule has 6 heteroatoms. The van der Waals surface area contributed by atoms with Crippen molar-refractivity contribution in [3.63, 3.8) is 0 Å². The van der Waals surface area contributed by atoms with Crippen molar-refractivity contribution in [2.75, 3.05) is 27.3 Å². The molecule has 0 saturated carbocycles. The predicted octanol–water partition coefficient (Wildman–Crippen LogP) is 1.61. The van der Waals surface area contributed by atoms with Crippen LogP contribution in [0.1, 0.15) is 23.2 Å². The first kappa shape index (κ1) is 16.6. The Kier molecular flexibility index (Phi) is 6.61. The molecule has 0 radical (unpaired) electrons. The predicted molar refractivity (Wildman–Crippen MR) is 80.2 cm³/mol. The Morgan fingerprint density at radius 1 is 1.25 bits per heavy atom. The molecule has 1 fully saturated rings. The van der Waals surface area contributed by atoms with E-state index in [1.54, 1.807) is 32.4 Å². The van der Waals surface area contributed by atoms with E-state index in [2.05, 4.69) is 10.6 Å². The third kappa shape index (κ3) is 4.28. The molecule has 0 aliphatic carbocycles. The van der Waals surface area contributed by atoms with Gasteiger partial charge in [-0.15, -0.1) is 12.4 Å². The van der Waals surface area contributed by atoms with Gasteiger partial charge in [-0.1, -0.05) is 0 Å². The van der Waals surface area contributed by atoms with Gasteiger partial charge in [0.25, 0.3) is 5.91 Å². The molecule has 1 heterocycles. The Morgan fingerprint density at radius 3 is 2.40 bits per heavy atom. The highest BCUT2D eigenvalue weighted by Crippen LogP contribution is 2.22. The molecule has 0 aromatic heterocycles. The number of amides is 1. The second kappa shape index (κ2) is 7.97. The average Bonchev–Trinajstić information content (AvgIpc) is 2.47. The van der Waals surface area contributed by atoms with Crippen LogP contribution < -0.4 is 20.1 Å². The van der Waals surface area contributed by atoms with Crippen LogP contribution in [0.25, 0.3) is 0 Å². The number of piperidine rings is 1. The van der Waals surface area contributed by atoms with Crippen LogP contribution in [-0.4, -0.2) is 39.3 Å². The van der Waals surface area contributed by atoms with Crippen molar-refractivity contribution in [2.24, 2.45) is 0 Å². The number of hydrogen-bond donors (Lipinski definition) is 2. The SMILES string of the molecule is COc1cc(OC)cc(C(=O)N[C@@H]2CCCNC2)c1.Cl. The Morgan fingerprint density at radius 2 is 1.90 bits per heavy atom. The van der Waals surface area contributed by atoms with Crippen LogP contribution in [0.3, 0.4) is 0 Å². The van der Waals surface area contributed by atoms with Crippen LogP contribution in [-0.2, 0) is 0 Å². The standard InChI is InChI=1S/C14H20N2O3.ClH/c1-18-12-6-10(7-13(8-12)19-2)14(17)16-11-4-3-5-15-9-11;/h6-8,11,15H,3-5,9H2,1-2H3,(H,16,17);1H/t11-;/m1./s1. The molecule has 0 spiro atoms. The lowest BCUT2D eigenvalue weighted by molar-refractivity contribution is 0.0930. The molecule has 1 aliphatic rings. The first-order chi connectivity index (χ1) is 9.22. The second-order valence-electron chi connectivity index (χ2n) is 4.62. The minimum absolute atomic E-state index is 0. The quantitative estimate of drug-likeness (QED) is 0.887. The zero-order valence-corrected chi connectivity index (χ0v) is 12.6. The molecule has 0 unspecified atom stereocenters. The maximum atomic E-state index is 12.2. The van der Waals surface area contributed by atoms with Crippen LogP contribution in [0.2, 0.25) is 0 Å². The Hall–Kier alpha value is -1.46. The molecular formula is C14H21ClN2O3. The molecule has 1 amide bonds. The van der Waals surface area contributed by atoms with Crippen LogP contribution in [0.5, 0.6) is 11.5 Å². The molecule has 1 aromatic rings. The van der Waals surface area contributed by atoms with Crippen molar-refractivity contribution in [1.29, 1.82) is 0 Å². The number of halogens is 1. The average molecular weight is 301 g/mol. The normalized spacial score (nSPS) is 17.8. The van der Waals surface area contributed by atoms with Crippen molar-refractivity contribution in [1.82, 2.24) is 10.6 Å². The maximum Gasteiger partial charge on any atom is 0.251 e. The number of carbonyl (C=O) groups is 1. The lowest BCUT2D eigenvalue weighted by Crippen LogP contribution is -2.45. The largest absolute Gasteiger partial charge is 0.497 e. The van der Waals surface area contributed by atoms with Gasteiger partial charge in [0.05, 0.1) is 14.2 Å². The van der Waals surface area contributed by atoms with Gasteiger partial charge in [-0.2, -0.15) is 0 Å². The van der Waals surface area contributed by atoms with Gasteiger partial charge in [0.15, 0.2) is 0 Å². The smallest absolute Gasteiger partial charge is 0.251 e. The van der Waals surface area contributed by atoms with Crippen molar-refractivity contribution in [3.05, 3.63) is 23.8 Å². The number of nitrogens with one attached hydrogen (secondary N) is 2. The van der Waals surface area contributed by atoms with E-state index in [0.717, 1.165) is 25.9 Å². The first-order valence-corrected chi connectivity index (χ1v) is 6.47. The Labute approximate surface area is 125 Å². The van der Waals surface area contributed by atoms with Crippen molar-refractivity contribution in [3.8, 4) is 11.5 Å². The summed E-state index contributed by atoms with van der Waals surface area (Å²) in [7, 11) is 3.14. The van der Waals surface area contributed by atoms with Crippen LogP contribution in [0, 0.1) is 0 Å². The fraction of sp³-hybridized carbons (Fsp3) is 0.500. The number of benzene rings is 1. The summed E-state index contributed by atoms with van der Waals surface area (Å²) in [5.74, 6) is 1.14. The van der Waals surface area contributed by atoms with Gasteiger partial charge in [0.1, 0.15) is 11.5 Å². The molecular weight excluding hydrogens is 280 g/mol. The molecule has 2 rings (SSSR count). The van der Waals surface area contributed by atoms with Crippen molar-refractivity contribution < 1.29 is 14.3 Å². The van der Waals surface area contributed by atoms with Gasteiger partial charge >= 0.3 is 0 Å². The van der Waals surface area contributed by atoms with E-state index in [1.807, 2.05) is 0 Å². The van der Waals surface area contributed by atoms with E-state index in [4.69, 9.17) is 9.47 Å². The van der Waals surface area contributed by atoms with Gasteiger partial charge in [-0.25, -0.2) is 0 Å². The Bertz CT molecular complexity index is 426. The van der Waals surface area contributed by atoms with E-state index in [-0.39, 0.29) is 24.4 Å². The molecule has 112 valence electrons. The summed E-state index contributed by atoms with van der Waals surface area (Å²) in [6, 6.07) is 5.37. The summed E-state index contributed by atoms with van der Waals surface area (Å²) in [5.41, 5.74) is 0.557. The molecule has 1 aromatic carbocycles. The highest BCUT2D eigenvalue weighted by Gasteiger charge is 2.17. The number of rotatable bonds is 4. The Balaban J connectivity index is 0.00000200. The molecule has 1 saturated heterocycles. The molecule has 1 atom stereocenters. The number of hydrogen-bond acceptors (Lipinski definition) is 4.